The van der Waals surface area contributed by atoms with E-state index in [0.717, 1.165) is 33.1 Å². The minimum Gasteiger partial charge on any atom is -0.454 e. The van der Waals surface area contributed by atoms with Crippen LogP contribution >= 0.6 is 0 Å². The van der Waals surface area contributed by atoms with Crippen molar-refractivity contribution < 1.29 is 4.42 Å². The number of fused-ring (bicyclic) bond motifs is 10. The normalized spacial score (nSPS) is 12.1. The molecule has 2 nitrogen and oxygen atoms in total. The largest absolute Gasteiger partial charge is 0.454 e. The zero-order valence-corrected chi connectivity index (χ0v) is 18.3. The van der Waals surface area contributed by atoms with Gasteiger partial charge in [-0.1, -0.05) is 84.9 Å². The molecule has 8 rings (SSSR count). The molecule has 0 saturated heterocycles. The van der Waals surface area contributed by atoms with Crippen molar-refractivity contribution in [3.8, 4) is 5.69 Å². The Morgan fingerprint density at radius 3 is 2.09 bits per heavy atom. The van der Waals surface area contributed by atoms with E-state index in [1.54, 1.807) is 0 Å². The number of rotatable bonds is 1. The molecule has 0 amide bonds. The van der Waals surface area contributed by atoms with Gasteiger partial charge in [-0.05, 0) is 51.9 Å². The zero-order chi connectivity index (χ0) is 22.2. The molecule has 2 heteroatoms. The summed E-state index contributed by atoms with van der Waals surface area (Å²) >= 11 is 0. The maximum atomic E-state index is 6.48. The van der Waals surface area contributed by atoms with Gasteiger partial charge in [0.15, 0.2) is 5.58 Å². The van der Waals surface area contributed by atoms with Crippen LogP contribution in [0.4, 0.5) is 0 Å². The van der Waals surface area contributed by atoms with Gasteiger partial charge >= 0.3 is 0 Å². The first-order valence-corrected chi connectivity index (χ1v) is 11.6. The summed E-state index contributed by atoms with van der Waals surface area (Å²) in [5, 5.41) is 9.81. The van der Waals surface area contributed by atoms with Crippen LogP contribution in [-0.2, 0) is 0 Å². The van der Waals surface area contributed by atoms with Crippen LogP contribution in [0.3, 0.4) is 0 Å². The van der Waals surface area contributed by atoms with Crippen LogP contribution in [0.15, 0.2) is 120 Å². The van der Waals surface area contributed by atoms with Crippen LogP contribution in [0, 0.1) is 0 Å². The fourth-order valence-electron chi connectivity index (χ4n) is 5.64. The molecule has 0 fully saturated rings. The van der Waals surface area contributed by atoms with Crippen LogP contribution in [-0.4, -0.2) is 4.57 Å². The van der Waals surface area contributed by atoms with Crippen molar-refractivity contribution in [3.05, 3.63) is 115 Å². The Hall–Kier alpha value is -4.56. The van der Waals surface area contributed by atoms with Gasteiger partial charge in [0.1, 0.15) is 5.58 Å². The van der Waals surface area contributed by atoms with Crippen LogP contribution in [0.5, 0.6) is 0 Å². The minimum absolute atomic E-state index is 0.923. The number of furan rings is 1. The second-order valence-corrected chi connectivity index (χ2v) is 8.98. The molecule has 0 spiro atoms. The summed E-state index contributed by atoms with van der Waals surface area (Å²) in [5.74, 6) is 0. The fourth-order valence-corrected chi connectivity index (χ4v) is 5.64. The third-order valence-corrected chi connectivity index (χ3v) is 7.17. The number of hydrogen-bond donors (Lipinski definition) is 0. The zero-order valence-electron chi connectivity index (χ0n) is 18.3. The average Bonchev–Trinajstić information content (AvgIpc) is 3.44. The minimum atomic E-state index is 0.923. The molecule has 2 aromatic heterocycles. The molecule has 0 N–H and O–H groups in total. The highest BCUT2D eigenvalue weighted by atomic mass is 16.3. The first-order valence-electron chi connectivity index (χ1n) is 11.6. The maximum absolute atomic E-state index is 6.48. The van der Waals surface area contributed by atoms with Crippen LogP contribution in [0.2, 0.25) is 0 Å². The van der Waals surface area contributed by atoms with Gasteiger partial charge in [-0.2, -0.15) is 0 Å². The Kier molecular flexibility index (Phi) is 3.42. The topological polar surface area (TPSA) is 18.1 Å². The quantitative estimate of drug-likeness (QED) is 0.236. The van der Waals surface area contributed by atoms with Crippen LogP contribution in [0.25, 0.3) is 71.0 Å². The second-order valence-electron chi connectivity index (χ2n) is 8.98. The van der Waals surface area contributed by atoms with Gasteiger partial charge in [0, 0.05) is 27.2 Å². The molecule has 0 radical (unpaired) electrons. The molecule has 34 heavy (non-hydrogen) atoms. The van der Waals surface area contributed by atoms with E-state index in [-0.39, 0.29) is 0 Å². The van der Waals surface area contributed by atoms with Gasteiger partial charge in [0.25, 0.3) is 0 Å². The smallest absolute Gasteiger partial charge is 0.160 e. The van der Waals surface area contributed by atoms with Crippen molar-refractivity contribution in [2.75, 3.05) is 0 Å². The van der Waals surface area contributed by atoms with Crippen molar-refractivity contribution in [3.63, 3.8) is 0 Å². The molecular formula is C32H19NO. The molecule has 2 heterocycles. The Labute approximate surface area is 195 Å². The summed E-state index contributed by atoms with van der Waals surface area (Å²) in [6, 6.07) is 41.2. The van der Waals surface area contributed by atoms with Gasteiger partial charge in [-0.3, -0.25) is 0 Å². The van der Waals surface area contributed by atoms with E-state index >= 15 is 0 Å². The molecule has 0 aliphatic heterocycles. The van der Waals surface area contributed by atoms with Gasteiger partial charge in [0.05, 0.1) is 11.0 Å². The SMILES string of the molecule is c1ccc2c(c1)ccc1cc(-n3c4ccccc4c4ccc5c6ccccc6oc5c43)ccc12. The van der Waals surface area contributed by atoms with E-state index in [1.165, 1.54) is 37.8 Å². The first-order chi connectivity index (χ1) is 16.9. The third-order valence-electron chi connectivity index (χ3n) is 7.17. The summed E-state index contributed by atoms with van der Waals surface area (Å²) < 4.78 is 8.85. The molecule has 0 saturated carbocycles. The van der Waals surface area contributed by atoms with E-state index < -0.39 is 0 Å². The molecule has 6 aromatic carbocycles. The van der Waals surface area contributed by atoms with Gasteiger partial charge in [-0.25, -0.2) is 0 Å². The van der Waals surface area contributed by atoms with Crippen molar-refractivity contribution in [1.82, 2.24) is 4.57 Å². The van der Waals surface area contributed by atoms with E-state index in [9.17, 15) is 0 Å². The Morgan fingerprint density at radius 1 is 0.471 bits per heavy atom. The summed E-state index contributed by atoms with van der Waals surface area (Å²) in [5.41, 5.74) is 5.31. The van der Waals surface area contributed by atoms with Gasteiger partial charge < -0.3 is 8.98 Å². The van der Waals surface area contributed by atoms with Gasteiger partial charge in [-0.15, -0.1) is 0 Å². The molecule has 0 aliphatic carbocycles. The second kappa shape index (κ2) is 6.49. The molecule has 0 unspecified atom stereocenters. The lowest BCUT2D eigenvalue weighted by Crippen LogP contribution is -1.94. The Bertz CT molecular complexity index is 2070. The van der Waals surface area contributed by atoms with E-state index in [0.29, 0.717) is 0 Å². The number of nitrogens with zero attached hydrogens (tertiary/aromatic N) is 1. The summed E-state index contributed by atoms with van der Waals surface area (Å²) in [7, 11) is 0. The van der Waals surface area contributed by atoms with Crippen molar-refractivity contribution >= 4 is 65.3 Å². The summed E-state index contributed by atoms with van der Waals surface area (Å²) in [4.78, 5) is 0. The van der Waals surface area contributed by atoms with Crippen molar-refractivity contribution in [2.45, 2.75) is 0 Å². The Morgan fingerprint density at radius 2 is 1.15 bits per heavy atom. The highest BCUT2D eigenvalue weighted by molar-refractivity contribution is 6.21. The summed E-state index contributed by atoms with van der Waals surface area (Å²) in [6.45, 7) is 0. The predicted octanol–water partition coefficient (Wildman–Crippen LogP) is 8.99. The van der Waals surface area contributed by atoms with E-state index in [2.05, 4.69) is 114 Å². The lowest BCUT2D eigenvalue weighted by Gasteiger charge is -2.11. The number of hydrogen-bond acceptors (Lipinski definition) is 1. The standard InChI is InChI=1S/C32H19NO/c1-2-8-23-20(7-1)13-14-21-19-22(15-16-24(21)23)33-29-11-5-3-9-25(29)27-17-18-28-26-10-4-6-12-30(26)34-32(28)31(27)33/h1-19H. The molecule has 0 atom stereocenters. The van der Waals surface area contributed by atoms with Crippen LogP contribution in [0.1, 0.15) is 0 Å². The van der Waals surface area contributed by atoms with E-state index in [1.807, 2.05) is 6.07 Å². The number of aromatic nitrogens is 1. The molecular weight excluding hydrogens is 414 g/mol. The lowest BCUT2D eigenvalue weighted by molar-refractivity contribution is 0.671. The number of para-hydroxylation sites is 2. The maximum Gasteiger partial charge on any atom is 0.160 e. The van der Waals surface area contributed by atoms with Crippen molar-refractivity contribution in [1.29, 1.82) is 0 Å². The highest BCUT2D eigenvalue weighted by Gasteiger charge is 2.18. The average molecular weight is 434 g/mol. The number of benzene rings is 6. The molecule has 0 bridgehead atoms. The molecule has 8 aromatic rings. The predicted molar refractivity (Wildman–Crippen MR) is 143 cm³/mol. The lowest BCUT2D eigenvalue weighted by atomic mass is 10.0. The van der Waals surface area contributed by atoms with E-state index in [4.69, 9.17) is 4.42 Å². The monoisotopic (exact) mass is 433 g/mol. The summed E-state index contributed by atoms with van der Waals surface area (Å²) in [6.07, 6.45) is 0. The van der Waals surface area contributed by atoms with Crippen molar-refractivity contribution in [2.24, 2.45) is 0 Å². The van der Waals surface area contributed by atoms with Gasteiger partial charge in [0.2, 0.25) is 0 Å². The fraction of sp³-hybridized carbons (Fsp3) is 0. The highest BCUT2D eigenvalue weighted by Crippen LogP contribution is 2.40. The first kappa shape index (κ1) is 17.9. The Balaban J connectivity index is 1.54. The van der Waals surface area contributed by atoms with Crippen LogP contribution < -0.4 is 0 Å². The molecule has 158 valence electrons. The molecule has 0 aliphatic rings. The third kappa shape index (κ3) is 2.29.